The molecule has 1 fully saturated rings. The SMILES string of the molecule is Cn1cnc(S(=O)(=O)N2CC(c3ccccc3)C(C)(NCc3ccc(C(F)(F)F)cc3Cl)C2)c1. The van der Waals surface area contributed by atoms with Crippen LogP contribution in [0.1, 0.15) is 29.5 Å². The summed E-state index contributed by atoms with van der Waals surface area (Å²) in [6, 6.07) is 12.8. The van der Waals surface area contributed by atoms with Gasteiger partial charge in [0.1, 0.15) is 0 Å². The first-order valence-electron chi connectivity index (χ1n) is 10.5. The third-order valence-corrected chi connectivity index (χ3v) is 8.26. The minimum absolute atomic E-state index is 0.00172. The Morgan fingerprint density at radius 2 is 1.91 bits per heavy atom. The topological polar surface area (TPSA) is 67.2 Å². The molecule has 11 heteroatoms. The molecule has 0 amide bonds. The fraction of sp³-hybridized carbons (Fsp3) is 0.348. The number of nitrogens with one attached hydrogen (secondary N) is 1. The molecule has 0 radical (unpaired) electrons. The predicted molar refractivity (Wildman–Crippen MR) is 123 cm³/mol. The molecular formula is C23H24ClF3N4O2S. The molecule has 0 saturated carbocycles. The van der Waals surface area contributed by atoms with E-state index in [4.69, 9.17) is 11.6 Å². The fourth-order valence-corrected chi connectivity index (χ4v) is 6.06. The summed E-state index contributed by atoms with van der Waals surface area (Å²) in [7, 11) is -2.14. The normalized spacial score (nSPS) is 21.8. The summed E-state index contributed by atoms with van der Waals surface area (Å²) in [6.45, 7) is 2.47. The third-order valence-electron chi connectivity index (χ3n) is 6.21. The monoisotopic (exact) mass is 512 g/mol. The van der Waals surface area contributed by atoms with Crippen LogP contribution >= 0.6 is 11.6 Å². The number of hydrogen-bond acceptors (Lipinski definition) is 4. The van der Waals surface area contributed by atoms with Crippen molar-refractivity contribution in [3.8, 4) is 0 Å². The van der Waals surface area contributed by atoms with E-state index >= 15 is 0 Å². The van der Waals surface area contributed by atoms with Crippen molar-refractivity contribution in [2.45, 2.75) is 36.1 Å². The number of aromatic nitrogens is 2. The van der Waals surface area contributed by atoms with Crippen molar-refractivity contribution < 1.29 is 21.6 Å². The Kier molecular flexibility index (Phi) is 6.54. The van der Waals surface area contributed by atoms with Crippen molar-refractivity contribution in [3.63, 3.8) is 0 Å². The van der Waals surface area contributed by atoms with E-state index in [0.717, 1.165) is 17.7 Å². The van der Waals surface area contributed by atoms with Crippen LogP contribution in [-0.4, -0.2) is 40.9 Å². The standard InChI is InChI=1S/C23H24ClF3N4O2S/c1-22(29-11-17-8-9-18(10-20(17)24)23(25,26)27)14-31(12-19(22)16-6-4-3-5-7-16)34(32,33)21-13-30(2)15-28-21/h3-10,13,15,19,29H,11-12,14H2,1-2H3. The maximum absolute atomic E-state index is 13.3. The van der Waals surface area contributed by atoms with Crippen molar-refractivity contribution >= 4 is 21.6 Å². The largest absolute Gasteiger partial charge is 0.416 e. The predicted octanol–water partition coefficient (Wildman–Crippen LogP) is 4.43. The Labute approximate surface area is 201 Å². The molecule has 1 aliphatic heterocycles. The van der Waals surface area contributed by atoms with E-state index in [1.807, 2.05) is 37.3 Å². The number of sulfonamides is 1. The van der Waals surface area contributed by atoms with E-state index in [-0.39, 0.29) is 35.6 Å². The Morgan fingerprint density at radius 3 is 2.50 bits per heavy atom. The Bertz CT molecular complexity index is 1280. The van der Waals surface area contributed by atoms with Crippen LogP contribution < -0.4 is 5.32 Å². The van der Waals surface area contributed by atoms with Crippen molar-refractivity contribution in [2.75, 3.05) is 13.1 Å². The molecule has 1 N–H and O–H groups in total. The van der Waals surface area contributed by atoms with Crippen molar-refractivity contribution in [1.29, 1.82) is 0 Å². The highest BCUT2D eigenvalue weighted by atomic mass is 35.5. The maximum atomic E-state index is 13.3. The fourth-order valence-electron chi connectivity index (χ4n) is 4.29. The lowest BCUT2D eigenvalue weighted by Crippen LogP contribution is -2.48. The summed E-state index contributed by atoms with van der Waals surface area (Å²) >= 11 is 6.15. The van der Waals surface area contributed by atoms with Gasteiger partial charge in [-0.15, -0.1) is 0 Å². The molecule has 0 aliphatic carbocycles. The maximum Gasteiger partial charge on any atom is 0.416 e. The quantitative estimate of drug-likeness (QED) is 0.530. The van der Waals surface area contributed by atoms with Crippen LogP contribution in [0.5, 0.6) is 0 Å². The Morgan fingerprint density at radius 1 is 1.21 bits per heavy atom. The Hall–Kier alpha value is -2.40. The van der Waals surface area contributed by atoms with Gasteiger partial charge in [-0.3, -0.25) is 0 Å². The number of nitrogens with zero attached hydrogens (tertiary/aromatic N) is 3. The summed E-state index contributed by atoms with van der Waals surface area (Å²) in [5, 5.41) is 3.35. The minimum Gasteiger partial charge on any atom is -0.339 e. The second kappa shape index (κ2) is 8.99. The van der Waals surface area contributed by atoms with Crippen molar-refractivity contribution in [1.82, 2.24) is 19.2 Å². The molecule has 4 rings (SSSR count). The highest BCUT2D eigenvalue weighted by molar-refractivity contribution is 7.89. The van der Waals surface area contributed by atoms with Gasteiger partial charge in [0.2, 0.25) is 0 Å². The van der Waals surface area contributed by atoms with E-state index < -0.39 is 27.3 Å². The highest BCUT2D eigenvalue weighted by Gasteiger charge is 2.48. The summed E-state index contributed by atoms with van der Waals surface area (Å²) in [5.41, 5.74) is -0.0820. The molecule has 6 nitrogen and oxygen atoms in total. The van der Waals surface area contributed by atoms with Gasteiger partial charge in [-0.05, 0) is 30.2 Å². The number of hydrogen-bond donors (Lipinski definition) is 1. The van der Waals surface area contributed by atoms with Crippen LogP contribution in [0.4, 0.5) is 13.2 Å². The smallest absolute Gasteiger partial charge is 0.339 e. The molecule has 1 saturated heterocycles. The third kappa shape index (κ3) is 4.86. The molecule has 182 valence electrons. The van der Waals surface area contributed by atoms with Gasteiger partial charge in [0.25, 0.3) is 10.0 Å². The zero-order valence-corrected chi connectivity index (χ0v) is 20.1. The molecule has 3 aromatic rings. The van der Waals surface area contributed by atoms with Gasteiger partial charge in [0.05, 0.1) is 11.9 Å². The molecule has 2 aromatic carbocycles. The first-order valence-corrected chi connectivity index (χ1v) is 12.4. The molecule has 2 heterocycles. The van der Waals surface area contributed by atoms with E-state index in [1.165, 1.54) is 22.9 Å². The molecule has 2 unspecified atom stereocenters. The first-order chi connectivity index (χ1) is 15.9. The van der Waals surface area contributed by atoms with Crippen LogP contribution in [0.3, 0.4) is 0 Å². The van der Waals surface area contributed by atoms with Crippen molar-refractivity contribution in [3.05, 3.63) is 82.8 Å². The van der Waals surface area contributed by atoms with Crippen LogP contribution in [0.15, 0.2) is 66.1 Å². The molecular weight excluding hydrogens is 489 g/mol. The first kappa shape index (κ1) is 24.7. The summed E-state index contributed by atoms with van der Waals surface area (Å²) in [5.74, 6) is -0.208. The van der Waals surface area contributed by atoms with Crippen LogP contribution in [-0.2, 0) is 29.8 Å². The second-order valence-electron chi connectivity index (χ2n) is 8.71. The number of rotatable bonds is 6. The molecule has 2 atom stereocenters. The number of imidazole rings is 1. The van der Waals surface area contributed by atoms with Gasteiger partial charge >= 0.3 is 6.18 Å². The van der Waals surface area contributed by atoms with Gasteiger partial charge in [-0.1, -0.05) is 48.0 Å². The Balaban J connectivity index is 1.62. The summed E-state index contributed by atoms with van der Waals surface area (Å²) < 4.78 is 68.5. The lowest BCUT2D eigenvalue weighted by atomic mass is 9.83. The molecule has 34 heavy (non-hydrogen) atoms. The van der Waals surface area contributed by atoms with E-state index in [9.17, 15) is 21.6 Å². The summed E-state index contributed by atoms with van der Waals surface area (Å²) in [6.07, 6.45) is -1.59. The highest BCUT2D eigenvalue weighted by Crippen LogP contribution is 2.39. The van der Waals surface area contributed by atoms with Crippen LogP contribution in [0, 0.1) is 0 Å². The second-order valence-corrected chi connectivity index (χ2v) is 11.0. The van der Waals surface area contributed by atoms with Crippen molar-refractivity contribution in [2.24, 2.45) is 7.05 Å². The lowest BCUT2D eigenvalue weighted by molar-refractivity contribution is -0.137. The van der Waals surface area contributed by atoms with Gasteiger partial charge in [-0.2, -0.15) is 17.5 Å². The van der Waals surface area contributed by atoms with Gasteiger partial charge in [0.15, 0.2) is 5.03 Å². The van der Waals surface area contributed by atoms with Crippen LogP contribution in [0.2, 0.25) is 5.02 Å². The van der Waals surface area contributed by atoms with Gasteiger partial charge in [-0.25, -0.2) is 13.4 Å². The average Bonchev–Trinajstić information content (AvgIpc) is 3.37. The van der Waals surface area contributed by atoms with E-state index in [1.54, 1.807) is 11.6 Å². The number of halogens is 4. The summed E-state index contributed by atoms with van der Waals surface area (Å²) in [4.78, 5) is 4.01. The zero-order chi connectivity index (χ0) is 24.7. The number of aryl methyl sites for hydroxylation is 1. The minimum atomic E-state index is -4.48. The number of benzene rings is 2. The van der Waals surface area contributed by atoms with Gasteiger partial charge in [0, 0.05) is 49.4 Å². The zero-order valence-electron chi connectivity index (χ0n) is 18.6. The van der Waals surface area contributed by atoms with E-state index in [0.29, 0.717) is 5.56 Å². The lowest BCUT2D eigenvalue weighted by Gasteiger charge is -2.32. The van der Waals surface area contributed by atoms with Gasteiger partial charge < -0.3 is 9.88 Å². The average molecular weight is 513 g/mol. The molecule has 1 aromatic heterocycles. The van der Waals surface area contributed by atoms with Crippen LogP contribution in [0.25, 0.3) is 0 Å². The molecule has 1 aliphatic rings. The molecule has 0 spiro atoms. The number of alkyl halides is 3. The van der Waals surface area contributed by atoms with E-state index in [2.05, 4.69) is 10.3 Å². The molecule has 0 bridgehead atoms.